The lowest BCUT2D eigenvalue weighted by Gasteiger charge is -2.08. The molecule has 2 nitrogen and oxygen atoms in total. The van der Waals surface area contributed by atoms with Gasteiger partial charge in [-0.3, -0.25) is 0 Å². The summed E-state index contributed by atoms with van der Waals surface area (Å²) in [5.41, 5.74) is 2.35. The average molecular weight is 270 g/mol. The van der Waals surface area contributed by atoms with Gasteiger partial charge in [0.2, 0.25) is 0 Å². The van der Waals surface area contributed by atoms with E-state index in [4.69, 9.17) is 4.42 Å². The van der Waals surface area contributed by atoms with Gasteiger partial charge in [-0.25, -0.2) is 4.39 Å². The van der Waals surface area contributed by atoms with Crippen LogP contribution < -0.4 is 0 Å². The number of hydrogen-bond acceptors (Lipinski definition) is 2. The van der Waals surface area contributed by atoms with E-state index < -0.39 is 6.10 Å². The molecule has 0 aliphatic carbocycles. The number of aliphatic hydroxyl groups excluding tert-OH is 1. The number of halogens is 1. The van der Waals surface area contributed by atoms with Gasteiger partial charge in [0.25, 0.3) is 0 Å². The maximum Gasteiger partial charge on any atom is 0.134 e. The molecule has 1 aromatic heterocycles. The van der Waals surface area contributed by atoms with Gasteiger partial charge in [-0.15, -0.1) is 0 Å². The lowest BCUT2D eigenvalue weighted by Crippen LogP contribution is -2.02. The maximum atomic E-state index is 13.6. The Hall–Kier alpha value is -2.13. The second kappa shape index (κ2) is 5.10. The maximum absolute atomic E-state index is 13.6. The van der Waals surface area contributed by atoms with Crippen LogP contribution >= 0.6 is 0 Å². The molecule has 0 saturated heterocycles. The van der Waals surface area contributed by atoms with Crippen LogP contribution in [0.4, 0.5) is 4.39 Å². The molecular formula is C17H15FO2. The van der Waals surface area contributed by atoms with E-state index in [9.17, 15) is 9.50 Å². The zero-order valence-corrected chi connectivity index (χ0v) is 11.1. The molecule has 0 radical (unpaired) electrons. The molecule has 1 unspecified atom stereocenters. The van der Waals surface area contributed by atoms with E-state index in [0.717, 1.165) is 16.5 Å². The van der Waals surface area contributed by atoms with Gasteiger partial charge in [0.15, 0.2) is 0 Å². The van der Waals surface area contributed by atoms with Gasteiger partial charge in [0, 0.05) is 11.8 Å². The summed E-state index contributed by atoms with van der Waals surface area (Å²) < 4.78 is 19.2. The van der Waals surface area contributed by atoms with Crippen LogP contribution in [0.3, 0.4) is 0 Å². The molecule has 0 aliphatic heterocycles. The monoisotopic (exact) mass is 270 g/mol. The number of furan rings is 1. The SMILES string of the molecule is Cc1ccc2oc(C(O)Cc3ccccc3F)cc2c1. The summed E-state index contributed by atoms with van der Waals surface area (Å²) in [6.07, 6.45) is -0.648. The minimum absolute atomic E-state index is 0.200. The molecule has 0 bridgehead atoms. The van der Waals surface area contributed by atoms with Crippen molar-refractivity contribution < 1.29 is 13.9 Å². The summed E-state index contributed by atoms with van der Waals surface area (Å²) >= 11 is 0. The van der Waals surface area contributed by atoms with E-state index in [1.165, 1.54) is 6.07 Å². The molecule has 20 heavy (non-hydrogen) atoms. The van der Waals surface area contributed by atoms with Crippen LogP contribution in [0.1, 0.15) is 23.0 Å². The van der Waals surface area contributed by atoms with Crippen LogP contribution in [0.15, 0.2) is 52.9 Å². The summed E-state index contributed by atoms with van der Waals surface area (Å²) in [6, 6.07) is 14.1. The van der Waals surface area contributed by atoms with Gasteiger partial charge in [0.1, 0.15) is 23.3 Å². The topological polar surface area (TPSA) is 33.4 Å². The minimum atomic E-state index is -0.848. The number of hydrogen-bond donors (Lipinski definition) is 1. The first kappa shape index (κ1) is 12.9. The fourth-order valence-corrected chi connectivity index (χ4v) is 2.32. The number of aryl methyl sites for hydroxylation is 1. The first-order valence-corrected chi connectivity index (χ1v) is 6.55. The Kier molecular flexibility index (Phi) is 3.28. The van der Waals surface area contributed by atoms with Crippen LogP contribution in [-0.4, -0.2) is 5.11 Å². The van der Waals surface area contributed by atoms with Crippen molar-refractivity contribution in [1.29, 1.82) is 0 Å². The number of rotatable bonds is 3. The molecule has 1 atom stereocenters. The van der Waals surface area contributed by atoms with Crippen LogP contribution in [0.5, 0.6) is 0 Å². The van der Waals surface area contributed by atoms with Gasteiger partial charge < -0.3 is 9.52 Å². The smallest absolute Gasteiger partial charge is 0.134 e. The average Bonchev–Trinajstić information content (AvgIpc) is 2.84. The summed E-state index contributed by atoms with van der Waals surface area (Å²) in [4.78, 5) is 0. The van der Waals surface area contributed by atoms with Crippen molar-refractivity contribution in [2.45, 2.75) is 19.4 Å². The Morgan fingerprint density at radius 2 is 1.95 bits per heavy atom. The van der Waals surface area contributed by atoms with Crippen molar-refractivity contribution in [3.05, 3.63) is 71.2 Å². The molecule has 1 N–H and O–H groups in total. The van der Waals surface area contributed by atoms with E-state index in [1.54, 1.807) is 18.2 Å². The largest absolute Gasteiger partial charge is 0.458 e. The highest BCUT2D eigenvalue weighted by molar-refractivity contribution is 5.78. The number of fused-ring (bicyclic) bond motifs is 1. The molecule has 0 aliphatic rings. The molecule has 0 amide bonds. The van der Waals surface area contributed by atoms with Gasteiger partial charge in [-0.2, -0.15) is 0 Å². The first-order chi connectivity index (χ1) is 9.63. The molecule has 0 saturated carbocycles. The normalized spacial score (nSPS) is 12.8. The zero-order chi connectivity index (χ0) is 14.1. The van der Waals surface area contributed by atoms with Crippen LogP contribution in [0.25, 0.3) is 11.0 Å². The molecular weight excluding hydrogens is 255 g/mol. The summed E-state index contributed by atoms with van der Waals surface area (Å²) in [5, 5.41) is 11.2. The quantitative estimate of drug-likeness (QED) is 0.775. The van der Waals surface area contributed by atoms with Crippen molar-refractivity contribution in [3.8, 4) is 0 Å². The van der Waals surface area contributed by atoms with E-state index >= 15 is 0 Å². The summed E-state index contributed by atoms with van der Waals surface area (Å²) in [5.74, 6) is 0.160. The van der Waals surface area contributed by atoms with Crippen LogP contribution in [0, 0.1) is 12.7 Å². The molecule has 3 heteroatoms. The van der Waals surface area contributed by atoms with Crippen molar-refractivity contribution in [2.24, 2.45) is 0 Å². The van der Waals surface area contributed by atoms with Crippen molar-refractivity contribution in [2.75, 3.05) is 0 Å². The highest BCUT2D eigenvalue weighted by Gasteiger charge is 2.15. The lowest BCUT2D eigenvalue weighted by molar-refractivity contribution is 0.151. The minimum Gasteiger partial charge on any atom is -0.458 e. The molecule has 1 heterocycles. The number of aliphatic hydroxyl groups is 1. The Balaban J connectivity index is 1.89. The van der Waals surface area contributed by atoms with Gasteiger partial charge >= 0.3 is 0 Å². The predicted molar refractivity (Wildman–Crippen MR) is 76.0 cm³/mol. The Morgan fingerprint density at radius 3 is 2.75 bits per heavy atom. The van der Waals surface area contributed by atoms with Gasteiger partial charge in [-0.05, 0) is 36.8 Å². The zero-order valence-electron chi connectivity index (χ0n) is 11.1. The van der Waals surface area contributed by atoms with Crippen molar-refractivity contribution in [3.63, 3.8) is 0 Å². The first-order valence-electron chi connectivity index (χ1n) is 6.55. The molecule has 2 aromatic carbocycles. The van der Waals surface area contributed by atoms with E-state index in [1.807, 2.05) is 31.2 Å². The fraction of sp³-hybridized carbons (Fsp3) is 0.176. The fourth-order valence-electron chi connectivity index (χ4n) is 2.32. The van der Waals surface area contributed by atoms with Gasteiger partial charge in [0.05, 0.1) is 0 Å². The van der Waals surface area contributed by atoms with Gasteiger partial charge in [-0.1, -0.05) is 29.8 Å². The second-order valence-corrected chi connectivity index (χ2v) is 5.00. The van der Waals surface area contributed by atoms with E-state index in [0.29, 0.717) is 11.3 Å². The molecule has 0 fully saturated rings. The summed E-state index contributed by atoms with van der Waals surface area (Å²) in [6.45, 7) is 2.00. The standard InChI is InChI=1S/C17H15FO2/c1-11-6-7-16-13(8-11)10-17(20-16)15(19)9-12-4-2-3-5-14(12)18/h2-8,10,15,19H,9H2,1H3. The molecule has 0 spiro atoms. The van der Waals surface area contributed by atoms with E-state index in [2.05, 4.69) is 0 Å². The molecule has 3 rings (SSSR count). The Morgan fingerprint density at radius 1 is 1.15 bits per heavy atom. The Labute approximate surface area is 116 Å². The second-order valence-electron chi connectivity index (χ2n) is 5.00. The van der Waals surface area contributed by atoms with Crippen molar-refractivity contribution >= 4 is 11.0 Å². The lowest BCUT2D eigenvalue weighted by atomic mass is 10.1. The third-order valence-electron chi connectivity index (χ3n) is 3.39. The highest BCUT2D eigenvalue weighted by atomic mass is 19.1. The predicted octanol–water partition coefficient (Wildman–Crippen LogP) is 4.16. The third-order valence-corrected chi connectivity index (χ3v) is 3.39. The van der Waals surface area contributed by atoms with Crippen LogP contribution in [0.2, 0.25) is 0 Å². The third kappa shape index (κ3) is 2.45. The molecule has 102 valence electrons. The summed E-state index contributed by atoms with van der Waals surface area (Å²) in [7, 11) is 0. The molecule has 3 aromatic rings. The Bertz CT molecular complexity index is 746. The van der Waals surface area contributed by atoms with Crippen LogP contribution in [-0.2, 0) is 6.42 Å². The number of benzene rings is 2. The highest BCUT2D eigenvalue weighted by Crippen LogP contribution is 2.27. The van der Waals surface area contributed by atoms with E-state index in [-0.39, 0.29) is 12.2 Å². The van der Waals surface area contributed by atoms with Crippen molar-refractivity contribution in [1.82, 2.24) is 0 Å².